The van der Waals surface area contributed by atoms with Gasteiger partial charge in [-0.3, -0.25) is 14.4 Å². The van der Waals surface area contributed by atoms with E-state index < -0.39 is 5.97 Å². The molecular formula is C20H28N2O4. The van der Waals surface area contributed by atoms with Gasteiger partial charge in [0.25, 0.3) is 0 Å². The summed E-state index contributed by atoms with van der Waals surface area (Å²) in [7, 11) is 0. The summed E-state index contributed by atoms with van der Waals surface area (Å²) in [6.07, 6.45) is 2.82. The number of hydrogen-bond donors (Lipinski definition) is 2. The normalized spacial score (nSPS) is 18.2. The Balaban J connectivity index is 2.00. The van der Waals surface area contributed by atoms with Crippen molar-refractivity contribution >= 4 is 17.8 Å². The predicted molar refractivity (Wildman–Crippen MR) is 98.5 cm³/mol. The first-order valence-electron chi connectivity index (χ1n) is 9.18. The molecular weight excluding hydrogens is 332 g/mol. The zero-order valence-corrected chi connectivity index (χ0v) is 15.5. The van der Waals surface area contributed by atoms with Crippen LogP contribution in [0.1, 0.15) is 56.2 Å². The Morgan fingerprint density at radius 3 is 2.58 bits per heavy atom. The fraction of sp³-hybridized carbons (Fsp3) is 0.550. The second-order valence-electron chi connectivity index (χ2n) is 7.15. The van der Waals surface area contributed by atoms with Gasteiger partial charge in [-0.2, -0.15) is 0 Å². The third-order valence-electron chi connectivity index (χ3n) is 4.87. The van der Waals surface area contributed by atoms with Crippen molar-refractivity contribution in [2.45, 2.75) is 52.0 Å². The largest absolute Gasteiger partial charge is 0.481 e. The molecule has 142 valence electrons. The summed E-state index contributed by atoms with van der Waals surface area (Å²) in [6.45, 7) is 4.75. The average Bonchev–Trinajstić information content (AvgIpc) is 2.60. The van der Waals surface area contributed by atoms with Gasteiger partial charge in [0, 0.05) is 26.4 Å². The lowest BCUT2D eigenvalue weighted by Crippen LogP contribution is -2.42. The van der Waals surface area contributed by atoms with Gasteiger partial charge >= 0.3 is 5.97 Å². The first-order valence-corrected chi connectivity index (χ1v) is 9.18. The Bertz CT molecular complexity index is 642. The Morgan fingerprint density at radius 2 is 1.96 bits per heavy atom. The van der Waals surface area contributed by atoms with E-state index in [1.165, 1.54) is 6.92 Å². The number of aryl methyl sites for hydroxylation is 1. The Kier molecular flexibility index (Phi) is 7.18. The van der Waals surface area contributed by atoms with Gasteiger partial charge in [0.2, 0.25) is 11.8 Å². The smallest absolute Gasteiger partial charge is 0.303 e. The molecule has 2 rings (SSSR count). The molecule has 1 aliphatic heterocycles. The molecule has 6 nitrogen and oxygen atoms in total. The van der Waals surface area contributed by atoms with Crippen LogP contribution in [0, 0.1) is 12.8 Å². The van der Waals surface area contributed by atoms with Crippen molar-refractivity contribution < 1.29 is 19.5 Å². The van der Waals surface area contributed by atoms with Gasteiger partial charge in [-0.1, -0.05) is 29.8 Å². The van der Waals surface area contributed by atoms with Gasteiger partial charge in [0.15, 0.2) is 0 Å². The topological polar surface area (TPSA) is 86.7 Å². The minimum atomic E-state index is -0.793. The second-order valence-corrected chi connectivity index (χ2v) is 7.15. The molecule has 0 spiro atoms. The summed E-state index contributed by atoms with van der Waals surface area (Å²) in [5.74, 6) is -0.716. The number of nitrogens with one attached hydrogen (secondary N) is 1. The van der Waals surface area contributed by atoms with Gasteiger partial charge in [0.05, 0.1) is 12.5 Å². The lowest BCUT2D eigenvalue weighted by molar-refractivity contribution is -0.137. The van der Waals surface area contributed by atoms with Gasteiger partial charge in [-0.25, -0.2) is 0 Å². The quantitative estimate of drug-likeness (QED) is 0.783. The molecule has 0 radical (unpaired) electrons. The number of hydrogen-bond acceptors (Lipinski definition) is 3. The fourth-order valence-corrected chi connectivity index (χ4v) is 3.45. The molecule has 1 saturated heterocycles. The van der Waals surface area contributed by atoms with Gasteiger partial charge in [-0.15, -0.1) is 0 Å². The molecule has 1 aliphatic rings. The monoisotopic (exact) mass is 360 g/mol. The highest BCUT2D eigenvalue weighted by Gasteiger charge is 2.26. The zero-order valence-electron chi connectivity index (χ0n) is 15.5. The van der Waals surface area contributed by atoms with Crippen molar-refractivity contribution in [3.8, 4) is 0 Å². The van der Waals surface area contributed by atoms with E-state index in [9.17, 15) is 14.4 Å². The van der Waals surface area contributed by atoms with E-state index in [0.717, 1.165) is 24.0 Å². The molecule has 26 heavy (non-hydrogen) atoms. The van der Waals surface area contributed by atoms with Crippen molar-refractivity contribution in [1.82, 2.24) is 10.2 Å². The number of carbonyl (C=O) groups is 3. The summed E-state index contributed by atoms with van der Waals surface area (Å²) in [5.41, 5.74) is 2.04. The molecule has 1 heterocycles. The Morgan fingerprint density at radius 1 is 1.27 bits per heavy atom. The van der Waals surface area contributed by atoms with Crippen molar-refractivity contribution in [3.63, 3.8) is 0 Å². The van der Waals surface area contributed by atoms with Gasteiger partial charge < -0.3 is 15.3 Å². The minimum absolute atomic E-state index is 0.00403. The molecule has 0 aliphatic carbocycles. The highest BCUT2D eigenvalue weighted by Crippen LogP contribution is 2.24. The van der Waals surface area contributed by atoms with E-state index in [1.807, 2.05) is 36.1 Å². The van der Waals surface area contributed by atoms with Crippen LogP contribution >= 0.6 is 0 Å². The first-order chi connectivity index (χ1) is 12.3. The van der Waals surface area contributed by atoms with E-state index in [1.54, 1.807) is 0 Å². The third kappa shape index (κ3) is 6.17. The lowest BCUT2D eigenvalue weighted by Gasteiger charge is -2.33. The molecule has 1 aromatic carbocycles. The maximum atomic E-state index is 12.8. The van der Waals surface area contributed by atoms with Crippen molar-refractivity contribution in [2.24, 2.45) is 5.92 Å². The number of carbonyl (C=O) groups excluding carboxylic acids is 2. The van der Waals surface area contributed by atoms with Crippen molar-refractivity contribution in [1.29, 1.82) is 0 Å². The van der Waals surface area contributed by atoms with Crippen LogP contribution in [0.4, 0.5) is 0 Å². The van der Waals surface area contributed by atoms with Crippen LogP contribution in [0.25, 0.3) is 0 Å². The third-order valence-corrected chi connectivity index (χ3v) is 4.87. The average molecular weight is 360 g/mol. The molecule has 1 aromatic rings. The number of carboxylic acid groups (broad SMARTS) is 1. The summed E-state index contributed by atoms with van der Waals surface area (Å²) in [6, 6.07) is 7.47. The van der Waals surface area contributed by atoms with Crippen LogP contribution in [0.2, 0.25) is 0 Å². The number of likely N-dealkylation sites (tertiary alicyclic amines) is 1. The Labute approximate surface area is 154 Å². The Hall–Kier alpha value is -2.37. The van der Waals surface area contributed by atoms with Gasteiger partial charge in [-0.05, 0) is 37.7 Å². The molecule has 2 N–H and O–H groups in total. The van der Waals surface area contributed by atoms with Crippen LogP contribution < -0.4 is 5.32 Å². The lowest BCUT2D eigenvalue weighted by atomic mass is 9.92. The van der Waals surface area contributed by atoms with E-state index >= 15 is 0 Å². The van der Waals surface area contributed by atoms with Crippen LogP contribution in [0.5, 0.6) is 0 Å². The highest BCUT2D eigenvalue weighted by atomic mass is 16.4. The molecule has 0 saturated carbocycles. The highest BCUT2D eigenvalue weighted by molar-refractivity contribution is 5.79. The number of benzene rings is 1. The van der Waals surface area contributed by atoms with Crippen LogP contribution in [-0.2, 0) is 14.4 Å². The number of carboxylic acids is 1. The first kappa shape index (κ1) is 19.9. The SMILES string of the molecule is CC(=O)NC(CC(=O)N1CCCC(CCC(=O)O)C1)c1ccc(C)cc1. The van der Waals surface area contributed by atoms with E-state index in [2.05, 4.69) is 5.32 Å². The predicted octanol–water partition coefficient (Wildman–Crippen LogP) is 2.67. The van der Waals surface area contributed by atoms with Crippen LogP contribution in [-0.4, -0.2) is 40.9 Å². The number of nitrogens with zero attached hydrogens (tertiary/aromatic N) is 1. The van der Waals surface area contributed by atoms with Crippen molar-refractivity contribution in [2.75, 3.05) is 13.1 Å². The molecule has 0 aromatic heterocycles. The van der Waals surface area contributed by atoms with Crippen LogP contribution in [0.3, 0.4) is 0 Å². The number of aliphatic carboxylic acids is 1. The summed E-state index contributed by atoms with van der Waals surface area (Å²) in [4.78, 5) is 36.9. The molecule has 6 heteroatoms. The number of amides is 2. The molecule has 2 atom stereocenters. The summed E-state index contributed by atoms with van der Waals surface area (Å²) >= 11 is 0. The molecule has 2 amide bonds. The zero-order chi connectivity index (χ0) is 19.1. The maximum Gasteiger partial charge on any atom is 0.303 e. The van der Waals surface area contributed by atoms with Crippen molar-refractivity contribution in [3.05, 3.63) is 35.4 Å². The molecule has 2 unspecified atom stereocenters. The van der Waals surface area contributed by atoms with Crippen LogP contribution in [0.15, 0.2) is 24.3 Å². The fourth-order valence-electron chi connectivity index (χ4n) is 3.45. The van der Waals surface area contributed by atoms with Gasteiger partial charge in [0.1, 0.15) is 0 Å². The van der Waals surface area contributed by atoms with E-state index in [-0.39, 0.29) is 36.6 Å². The minimum Gasteiger partial charge on any atom is -0.481 e. The van der Waals surface area contributed by atoms with E-state index in [0.29, 0.717) is 19.5 Å². The maximum absolute atomic E-state index is 12.8. The summed E-state index contributed by atoms with van der Waals surface area (Å²) < 4.78 is 0. The molecule has 1 fully saturated rings. The molecule has 0 bridgehead atoms. The van der Waals surface area contributed by atoms with E-state index in [4.69, 9.17) is 5.11 Å². The number of rotatable bonds is 7. The summed E-state index contributed by atoms with van der Waals surface area (Å²) in [5, 5.41) is 11.7. The number of piperidine rings is 1. The second kappa shape index (κ2) is 9.36. The standard InChI is InChI=1S/C20H28N2O4/c1-14-5-8-17(9-6-14)18(21-15(2)23)12-19(24)22-11-3-4-16(13-22)7-10-20(25)26/h5-6,8-9,16,18H,3-4,7,10-13H2,1-2H3,(H,21,23)(H,25,26).